The van der Waals surface area contributed by atoms with Gasteiger partial charge < -0.3 is 10.2 Å². The van der Waals surface area contributed by atoms with Gasteiger partial charge in [-0.2, -0.15) is 0 Å². The van der Waals surface area contributed by atoms with Crippen LogP contribution in [0, 0.1) is 6.92 Å². The molecule has 1 fully saturated rings. The fourth-order valence-corrected chi connectivity index (χ4v) is 2.99. The van der Waals surface area contributed by atoms with Crippen molar-refractivity contribution in [3.63, 3.8) is 0 Å². The number of carbonyl (C=O) groups is 1. The Kier molecular flexibility index (Phi) is 5.41. The zero-order valence-electron chi connectivity index (χ0n) is 14.2. The molecule has 126 valence electrons. The van der Waals surface area contributed by atoms with Crippen LogP contribution in [0.2, 0.25) is 0 Å². The Bertz CT molecular complexity index is 678. The van der Waals surface area contributed by atoms with Crippen LogP contribution in [0.15, 0.2) is 36.7 Å². The molecule has 2 heterocycles. The van der Waals surface area contributed by atoms with Gasteiger partial charge in [-0.3, -0.25) is 4.79 Å². The van der Waals surface area contributed by atoms with Crippen LogP contribution < -0.4 is 10.2 Å². The van der Waals surface area contributed by atoms with Crippen LogP contribution in [-0.4, -0.2) is 29.0 Å². The lowest BCUT2D eigenvalue weighted by molar-refractivity contribution is -0.116. The molecule has 1 amide bonds. The Balaban J connectivity index is 1.50. The number of nitrogens with zero attached hydrogens (tertiary/aromatic N) is 3. The van der Waals surface area contributed by atoms with E-state index < -0.39 is 0 Å². The van der Waals surface area contributed by atoms with Gasteiger partial charge in [0.2, 0.25) is 11.9 Å². The third-order valence-corrected chi connectivity index (χ3v) is 4.28. The number of hydrogen-bond donors (Lipinski definition) is 1. The number of hydrogen-bond acceptors (Lipinski definition) is 4. The van der Waals surface area contributed by atoms with Gasteiger partial charge in [0.15, 0.2) is 0 Å². The Morgan fingerprint density at radius 2 is 1.92 bits per heavy atom. The standard InChI is InChI=1S/C19H24N4O/c1-15-6-5-7-16(12-15)8-9-18(24)22-17-13-20-19(21-14-17)23-10-3-2-4-11-23/h5-7,12-14H,2-4,8-11H2,1H3,(H,22,24). The van der Waals surface area contributed by atoms with Crippen LogP contribution in [-0.2, 0) is 11.2 Å². The first-order valence-electron chi connectivity index (χ1n) is 8.63. The summed E-state index contributed by atoms with van der Waals surface area (Å²) in [6.07, 6.45) is 8.26. The Labute approximate surface area is 143 Å². The number of anilines is 2. The van der Waals surface area contributed by atoms with Gasteiger partial charge in [0.05, 0.1) is 18.1 Å². The molecule has 0 atom stereocenters. The molecule has 24 heavy (non-hydrogen) atoms. The smallest absolute Gasteiger partial charge is 0.225 e. The molecule has 0 bridgehead atoms. The number of rotatable bonds is 5. The summed E-state index contributed by atoms with van der Waals surface area (Å²) in [5, 5.41) is 2.87. The van der Waals surface area contributed by atoms with Crippen LogP contribution >= 0.6 is 0 Å². The molecule has 1 aromatic heterocycles. The van der Waals surface area contributed by atoms with E-state index in [1.165, 1.54) is 30.4 Å². The van der Waals surface area contributed by atoms with Crippen molar-refractivity contribution in [3.8, 4) is 0 Å². The third kappa shape index (κ3) is 4.54. The summed E-state index contributed by atoms with van der Waals surface area (Å²) in [5.41, 5.74) is 3.06. The maximum absolute atomic E-state index is 12.1. The number of piperidine rings is 1. The van der Waals surface area contributed by atoms with E-state index in [4.69, 9.17) is 0 Å². The highest BCUT2D eigenvalue weighted by molar-refractivity contribution is 5.90. The van der Waals surface area contributed by atoms with Gasteiger partial charge >= 0.3 is 0 Å². The molecule has 5 nitrogen and oxygen atoms in total. The fraction of sp³-hybridized carbons (Fsp3) is 0.421. The zero-order valence-corrected chi connectivity index (χ0v) is 14.2. The summed E-state index contributed by atoms with van der Waals surface area (Å²) in [4.78, 5) is 23.1. The maximum atomic E-state index is 12.1. The molecule has 2 aromatic rings. The predicted molar refractivity (Wildman–Crippen MR) is 96.2 cm³/mol. The summed E-state index contributed by atoms with van der Waals surface area (Å²) in [6.45, 7) is 4.09. The normalized spacial score (nSPS) is 14.5. The monoisotopic (exact) mass is 324 g/mol. The summed E-state index contributed by atoms with van der Waals surface area (Å²) in [6, 6.07) is 8.25. The fourth-order valence-electron chi connectivity index (χ4n) is 2.99. The highest BCUT2D eigenvalue weighted by Gasteiger charge is 2.13. The number of carbonyl (C=O) groups excluding carboxylic acids is 1. The molecule has 0 saturated carbocycles. The van der Waals surface area contributed by atoms with Crippen LogP contribution in [0.25, 0.3) is 0 Å². The number of amides is 1. The molecule has 1 N–H and O–H groups in total. The number of benzene rings is 1. The Morgan fingerprint density at radius 1 is 1.17 bits per heavy atom. The number of aryl methyl sites for hydroxylation is 2. The maximum Gasteiger partial charge on any atom is 0.225 e. The number of nitrogens with one attached hydrogen (secondary N) is 1. The van der Waals surface area contributed by atoms with Crippen molar-refractivity contribution in [3.05, 3.63) is 47.8 Å². The SMILES string of the molecule is Cc1cccc(CCC(=O)Nc2cnc(N3CCCCC3)nc2)c1. The molecular weight excluding hydrogens is 300 g/mol. The summed E-state index contributed by atoms with van der Waals surface area (Å²) < 4.78 is 0. The van der Waals surface area contributed by atoms with Gasteiger partial charge in [-0.05, 0) is 38.2 Å². The molecule has 0 aliphatic carbocycles. The minimum Gasteiger partial charge on any atom is -0.341 e. The summed E-state index contributed by atoms with van der Waals surface area (Å²) in [5.74, 6) is 0.748. The summed E-state index contributed by atoms with van der Waals surface area (Å²) >= 11 is 0. The van der Waals surface area contributed by atoms with Gasteiger partial charge in [-0.15, -0.1) is 0 Å². The van der Waals surface area contributed by atoms with Crippen LogP contribution in [0.1, 0.15) is 36.8 Å². The Morgan fingerprint density at radius 3 is 2.62 bits per heavy atom. The van der Waals surface area contributed by atoms with Crippen molar-refractivity contribution in [2.45, 2.75) is 39.0 Å². The van der Waals surface area contributed by atoms with Crippen molar-refractivity contribution in [2.24, 2.45) is 0 Å². The van der Waals surface area contributed by atoms with Crippen molar-refractivity contribution in [2.75, 3.05) is 23.3 Å². The lowest BCUT2D eigenvalue weighted by Crippen LogP contribution is -2.30. The average Bonchev–Trinajstić information content (AvgIpc) is 2.61. The van der Waals surface area contributed by atoms with Gasteiger partial charge in [0.25, 0.3) is 0 Å². The minimum absolute atomic E-state index is 0.00849. The molecule has 3 rings (SSSR count). The highest BCUT2D eigenvalue weighted by Crippen LogP contribution is 2.16. The van der Waals surface area contributed by atoms with E-state index in [1.54, 1.807) is 12.4 Å². The van der Waals surface area contributed by atoms with E-state index in [-0.39, 0.29) is 5.91 Å². The van der Waals surface area contributed by atoms with Crippen molar-refractivity contribution in [1.82, 2.24) is 9.97 Å². The first kappa shape index (κ1) is 16.4. The molecule has 0 unspecified atom stereocenters. The van der Waals surface area contributed by atoms with Gasteiger partial charge in [-0.25, -0.2) is 9.97 Å². The molecule has 1 aliphatic heterocycles. The summed E-state index contributed by atoms with van der Waals surface area (Å²) in [7, 11) is 0. The quantitative estimate of drug-likeness (QED) is 0.916. The second kappa shape index (κ2) is 7.90. The Hall–Kier alpha value is -2.43. The molecule has 0 radical (unpaired) electrons. The molecular formula is C19H24N4O. The second-order valence-corrected chi connectivity index (χ2v) is 6.36. The van der Waals surface area contributed by atoms with Crippen LogP contribution in [0.5, 0.6) is 0 Å². The molecule has 1 aliphatic rings. The topological polar surface area (TPSA) is 58.1 Å². The van der Waals surface area contributed by atoms with Gasteiger partial charge in [0, 0.05) is 19.5 Å². The van der Waals surface area contributed by atoms with Crippen molar-refractivity contribution in [1.29, 1.82) is 0 Å². The van der Waals surface area contributed by atoms with Crippen LogP contribution in [0.4, 0.5) is 11.6 Å². The van der Waals surface area contributed by atoms with Crippen molar-refractivity contribution < 1.29 is 4.79 Å². The predicted octanol–water partition coefficient (Wildman–Crippen LogP) is 3.35. The van der Waals surface area contributed by atoms with E-state index in [0.29, 0.717) is 12.1 Å². The molecule has 0 spiro atoms. The molecule has 5 heteroatoms. The van der Waals surface area contributed by atoms with Gasteiger partial charge in [0.1, 0.15) is 0 Å². The minimum atomic E-state index is -0.00849. The van der Waals surface area contributed by atoms with E-state index >= 15 is 0 Å². The lowest BCUT2D eigenvalue weighted by atomic mass is 10.1. The first-order valence-corrected chi connectivity index (χ1v) is 8.63. The molecule has 1 aromatic carbocycles. The van der Waals surface area contributed by atoms with E-state index in [9.17, 15) is 4.79 Å². The van der Waals surface area contributed by atoms with E-state index in [1.807, 2.05) is 6.07 Å². The van der Waals surface area contributed by atoms with Gasteiger partial charge in [-0.1, -0.05) is 29.8 Å². The highest BCUT2D eigenvalue weighted by atomic mass is 16.1. The largest absolute Gasteiger partial charge is 0.341 e. The van der Waals surface area contributed by atoms with Crippen LogP contribution in [0.3, 0.4) is 0 Å². The number of aromatic nitrogens is 2. The zero-order chi connectivity index (χ0) is 16.8. The molecule has 1 saturated heterocycles. The lowest BCUT2D eigenvalue weighted by Gasteiger charge is -2.26. The third-order valence-electron chi connectivity index (χ3n) is 4.28. The van der Waals surface area contributed by atoms with Crippen molar-refractivity contribution >= 4 is 17.5 Å². The van der Waals surface area contributed by atoms with E-state index in [0.717, 1.165) is 25.5 Å². The van der Waals surface area contributed by atoms with E-state index in [2.05, 4.69) is 45.3 Å². The first-order chi connectivity index (χ1) is 11.7. The second-order valence-electron chi connectivity index (χ2n) is 6.36. The average molecular weight is 324 g/mol.